The fraction of sp³-hybridized carbons (Fsp3) is 0.333. The predicted octanol–water partition coefficient (Wildman–Crippen LogP) is 1.79. The summed E-state index contributed by atoms with van der Waals surface area (Å²) in [6.07, 6.45) is 0.659. The zero-order chi connectivity index (χ0) is 12.3. The largest absolute Gasteiger partial charge is 0.481 e. The average molecular weight is 250 g/mol. The first-order chi connectivity index (χ1) is 8.16. The Balaban J connectivity index is 1.92. The summed E-state index contributed by atoms with van der Waals surface area (Å²) in [6, 6.07) is 9.64. The molecule has 1 saturated heterocycles. The van der Waals surface area contributed by atoms with E-state index in [1.807, 2.05) is 35.2 Å². The van der Waals surface area contributed by atoms with Crippen LogP contribution in [-0.4, -0.2) is 34.2 Å². The third kappa shape index (κ3) is 2.94. The SMILES string of the molecule is O=C(O)C1CCN(C(=S)Nc2ccccc2)C1. The third-order valence-corrected chi connectivity index (χ3v) is 3.21. The summed E-state index contributed by atoms with van der Waals surface area (Å²) < 4.78 is 0. The summed E-state index contributed by atoms with van der Waals surface area (Å²) in [5, 5.41) is 12.6. The van der Waals surface area contributed by atoms with Crippen molar-refractivity contribution in [3.63, 3.8) is 0 Å². The monoisotopic (exact) mass is 250 g/mol. The van der Waals surface area contributed by atoms with E-state index in [1.54, 1.807) is 0 Å². The maximum atomic E-state index is 10.8. The van der Waals surface area contributed by atoms with Crippen molar-refractivity contribution in [1.82, 2.24) is 4.90 Å². The Hall–Kier alpha value is -1.62. The molecule has 17 heavy (non-hydrogen) atoms. The summed E-state index contributed by atoms with van der Waals surface area (Å²) in [7, 11) is 0. The molecular formula is C12H14N2O2S. The van der Waals surface area contributed by atoms with Gasteiger partial charge in [-0.3, -0.25) is 4.79 Å². The summed E-state index contributed by atoms with van der Waals surface area (Å²) in [6.45, 7) is 1.20. The van der Waals surface area contributed by atoms with Crippen LogP contribution in [-0.2, 0) is 4.79 Å². The lowest BCUT2D eigenvalue weighted by molar-refractivity contribution is -0.141. The molecule has 5 heteroatoms. The van der Waals surface area contributed by atoms with Crippen LogP contribution in [0.15, 0.2) is 30.3 Å². The highest BCUT2D eigenvalue weighted by Crippen LogP contribution is 2.17. The van der Waals surface area contributed by atoms with E-state index in [4.69, 9.17) is 17.3 Å². The maximum absolute atomic E-state index is 10.8. The molecule has 1 fully saturated rings. The molecule has 0 radical (unpaired) electrons. The van der Waals surface area contributed by atoms with Crippen LogP contribution in [0.5, 0.6) is 0 Å². The van der Waals surface area contributed by atoms with E-state index in [-0.39, 0.29) is 5.92 Å². The standard InChI is InChI=1S/C12H14N2O2S/c15-11(16)9-6-7-14(8-9)12(17)13-10-4-2-1-3-5-10/h1-5,9H,6-8H2,(H,13,17)(H,15,16). The van der Waals surface area contributed by atoms with E-state index in [9.17, 15) is 4.79 Å². The fourth-order valence-electron chi connectivity index (χ4n) is 1.87. The Morgan fingerprint density at radius 2 is 2.12 bits per heavy atom. The fourth-order valence-corrected chi connectivity index (χ4v) is 2.15. The van der Waals surface area contributed by atoms with Gasteiger partial charge in [0, 0.05) is 18.8 Å². The van der Waals surface area contributed by atoms with Crippen molar-refractivity contribution < 1.29 is 9.90 Å². The van der Waals surface area contributed by atoms with Gasteiger partial charge >= 0.3 is 5.97 Å². The van der Waals surface area contributed by atoms with Crippen molar-refractivity contribution in [3.05, 3.63) is 30.3 Å². The van der Waals surface area contributed by atoms with Gasteiger partial charge in [-0.05, 0) is 30.8 Å². The Bertz CT molecular complexity index is 422. The van der Waals surface area contributed by atoms with Crippen LogP contribution in [0.1, 0.15) is 6.42 Å². The van der Waals surface area contributed by atoms with E-state index in [1.165, 1.54) is 0 Å². The molecule has 0 aliphatic carbocycles. The van der Waals surface area contributed by atoms with E-state index in [2.05, 4.69) is 5.32 Å². The van der Waals surface area contributed by atoms with Gasteiger partial charge in [-0.2, -0.15) is 0 Å². The molecular weight excluding hydrogens is 236 g/mol. The number of nitrogens with one attached hydrogen (secondary N) is 1. The van der Waals surface area contributed by atoms with Crippen LogP contribution < -0.4 is 5.32 Å². The van der Waals surface area contributed by atoms with Crippen LogP contribution in [0.2, 0.25) is 0 Å². The lowest BCUT2D eigenvalue weighted by Crippen LogP contribution is -2.33. The number of anilines is 1. The van der Waals surface area contributed by atoms with Crippen LogP contribution in [0, 0.1) is 5.92 Å². The molecule has 0 amide bonds. The molecule has 0 bridgehead atoms. The van der Waals surface area contributed by atoms with E-state index < -0.39 is 5.97 Å². The summed E-state index contributed by atoms with van der Waals surface area (Å²) in [5.41, 5.74) is 0.927. The minimum Gasteiger partial charge on any atom is -0.481 e. The number of hydrogen-bond acceptors (Lipinski definition) is 2. The molecule has 2 N–H and O–H groups in total. The van der Waals surface area contributed by atoms with Gasteiger partial charge in [0.15, 0.2) is 5.11 Å². The highest BCUT2D eigenvalue weighted by Gasteiger charge is 2.29. The van der Waals surface area contributed by atoms with Crippen LogP contribution in [0.25, 0.3) is 0 Å². The number of benzene rings is 1. The average Bonchev–Trinajstić information content (AvgIpc) is 2.79. The Morgan fingerprint density at radius 3 is 2.71 bits per heavy atom. The molecule has 1 aliphatic rings. The lowest BCUT2D eigenvalue weighted by Gasteiger charge is -2.19. The molecule has 0 aromatic heterocycles. The normalized spacial score (nSPS) is 19.1. The number of carboxylic acid groups (broad SMARTS) is 1. The Kier molecular flexibility index (Phi) is 3.58. The first-order valence-corrected chi connectivity index (χ1v) is 5.91. The summed E-state index contributed by atoms with van der Waals surface area (Å²) in [4.78, 5) is 12.7. The van der Waals surface area contributed by atoms with Gasteiger partial charge in [-0.25, -0.2) is 0 Å². The van der Waals surface area contributed by atoms with Crippen LogP contribution in [0.4, 0.5) is 5.69 Å². The van der Waals surface area contributed by atoms with E-state index >= 15 is 0 Å². The minimum atomic E-state index is -0.741. The van der Waals surface area contributed by atoms with Gasteiger partial charge in [0.05, 0.1) is 5.92 Å². The predicted molar refractivity (Wildman–Crippen MR) is 70.0 cm³/mol. The summed E-state index contributed by atoms with van der Waals surface area (Å²) >= 11 is 5.26. The van der Waals surface area contributed by atoms with Crippen LogP contribution >= 0.6 is 12.2 Å². The Morgan fingerprint density at radius 1 is 1.41 bits per heavy atom. The van der Waals surface area contributed by atoms with Crippen molar-refractivity contribution in [2.75, 3.05) is 18.4 Å². The zero-order valence-electron chi connectivity index (χ0n) is 9.30. The lowest BCUT2D eigenvalue weighted by atomic mass is 10.1. The number of likely N-dealkylation sites (tertiary alicyclic amines) is 1. The molecule has 2 rings (SSSR count). The van der Waals surface area contributed by atoms with E-state index in [0.29, 0.717) is 24.6 Å². The Labute approximate surface area is 105 Å². The molecule has 90 valence electrons. The number of thiocarbonyl (C=S) groups is 1. The van der Waals surface area contributed by atoms with Gasteiger partial charge in [0.25, 0.3) is 0 Å². The number of aliphatic carboxylic acids is 1. The zero-order valence-corrected chi connectivity index (χ0v) is 10.1. The first-order valence-electron chi connectivity index (χ1n) is 5.50. The van der Waals surface area contributed by atoms with Crippen molar-refractivity contribution in [2.45, 2.75) is 6.42 Å². The van der Waals surface area contributed by atoms with Gasteiger partial charge in [-0.1, -0.05) is 18.2 Å². The second-order valence-electron chi connectivity index (χ2n) is 4.07. The quantitative estimate of drug-likeness (QED) is 0.784. The minimum absolute atomic E-state index is 0.300. The number of carboxylic acids is 1. The topological polar surface area (TPSA) is 52.6 Å². The highest BCUT2D eigenvalue weighted by molar-refractivity contribution is 7.80. The summed E-state index contributed by atoms with van der Waals surface area (Å²) in [5.74, 6) is -1.04. The molecule has 4 nitrogen and oxygen atoms in total. The highest BCUT2D eigenvalue weighted by atomic mass is 32.1. The van der Waals surface area contributed by atoms with Crippen molar-refractivity contribution >= 4 is 29.0 Å². The van der Waals surface area contributed by atoms with Crippen LogP contribution in [0.3, 0.4) is 0 Å². The molecule has 1 aromatic rings. The molecule has 0 spiro atoms. The van der Waals surface area contributed by atoms with Gasteiger partial charge in [-0.15, -0.1) is 0 Å². The molecule has 1 atom stereocenters. The molecule has 1 aliphatic heterocycles. The molecule has 1 unspecified atom stereocenters. The third-order valence-electron chi connectivity index (χ3n) is 2.85. The first kappa shape index (κ1) is 11.9. The molecule has 1 heterocycles. The van der Waals surface area contributed by atoms with E-state index in [0.717, 1.165) is 5.69 Å². The number of para-hydroxylation sites is 1. The van der Waals surface area contributed by atoms with Gasteiger partial charge in [0.2, 0.25) is 0 Å². The molecule has 1 aromatic carbocycles. The van der Waals surface area contributed by atoms with Gasteiger partial charge in [0.1, 0.15) is 0 Å². The maximum Gasteiger partial charge on any atom is 0.308 e. The number of hydrogen-bond donors (Lipinski definition) is 2. The second kappa shape index (κ2) is 5.14. The number of rotatable bonds is 2. The number of nitrogens with zero attached hydrogens (tertiary/aromatic N) is 1. The van der Waals surface area contributed by atoms with Crippen molar-refractivity contribution in [3.8, 4) is 0 Å². The smallest absolute Gasteiger partial charge is 0.308 e. The number of carbonyl (C=O) groups is 1. The second-order valence-corrected chi connectivity index (χ2v) is 4.45. The molecule has 0 saturated carbocycles. The van der Waals surface area contributed by atoms with Crippen molar-refractivity contribution in [1.29, 1.82) is 0 Å². The van der Waals surface area contributed by atoms with Crippen molar-refractivity contribution in [2.24, 2.45) is 5.92 Å². The van der Waals surface area contributed by atoms with Gasteiger partial charge < -0.3 is 15.3 Å².